The van der Waals surface area contributed by atoms with Gasteiger partial charge in [-0.2, -0.15) is 5.10 Å². The predicted octanol–water partition coefficient (Wildman–Crippen LogP) is 5.50. The summed E-state index contributed by atoms with van der Waals surface area (Å²) < 4.78 is 34.7. The Bertz CT molecular complexity index is 1520. The molecule has 0 radical (unpaired) electrons. The first-order valence-corrected chi connectivity index (χ1v) is 14.0. The lowest BCUT2D eigenvalue weighted by Gasteiger charge is -2.18. The van der Waals surface area contributed by atoms with E-state index in [-0.39, 0.29) is 11.3 Å². The molecule has 196 valence electrons. The molecule has 0 bridgehead atoms. The second kappa shape index (κ2) is 12.5. The quantitative estimate of drug-likeness (QED) is 0.198. The fourth-order valence-corrected chi connectivity index (χ4v) is 5.26. The Morgan fingerprint density at radius 2 is 1.66 bits per heavy atom. The smallest absolute Gasteiger partial charge is 0.242 e. The normalized spacial score (nSPS) is 12.5. The van der Waals surface area contributed by atoms with E-state index in [4.69, 9.17) is 4.74 Å². The van der Waals surface area contributed by atoms with E-state index in [1.165, 1.54) is 0 Å². The molecule has 38 heavy (non-hydrogen) atoms. The van der Waals surface area contributed by atoms with Crippen LogP contribution in [0.5, 0.6) is 5.75 Å². The second-order valence-electron chi connectivity index (χ2n) is 8.94. The highest BCUT2D eigenvalue weighted by molar-refractivity contribution is 7.89. The number of fused-ring (bicyclic) bond motifs is 1. The van der Waals surface area contributed by atoms with Crippen LogP contribution in [0.4, 0.5) is 0 Å². The molecule has 0 heterocycles. The molecule has 0 aromatic heterocycles. The van der Waals surface area contributed by atoms with Crippen LogP contribution in [-0.2, 0) is 14.8 Å². The second-order valence-corrected chi connectivity index (χ2v) is 10.7. The van der Waals surface area contributed by atoms with Gasteiger partial charge in [0, 0.05) is 12.0 Å². The lowest BCUT2D eigenvalue weighted by Crippen LogP contribution is -2.32. The molecule has 4 aromatic rings. The van der Waals surface area contributed by atoms with Crippen LogP contribution in [-0.4, -0.2) is 27.1 Å². The van der Waals surface area contributed by atoms with Crippen LogP contribution in [0.15, 0.2) is 101 Å². The van der Waals surface area contributed by atoms with Gasteiger partial charge in [0.15, 0.2) is 0 Å². The molecule has 0 aliphatic carbocycles. The van der Waals surface area contributed by atoms with Crippen LogP contribution in [0.3, 0.4) is 0 Å². The number of nitrogens with zero attached hydrogens (tertiary/aromatic N) is 1. The lowest BCUT2D eigenvalue weighted by molar-refractivity contribution is -0.121. The molecule has 1 atom stereocenters. The number of hydrogen-bond donors (Lipinski definition) is 2. The highest BCUT2D eigenvalue weighted by Gasteiger charge is 2.23. The number of ether oxygens (including phenoxy) is 1. The first-order chi connectivity index (χ1) is 18.4. The van der Waals surface area contributed by atoms with E-state index >= 15 is 0 Å². The van der Waals surface area contributed by atoms with E-state index in [9.17, 15) is 13.2 Å². The summed E-state index contributed by atoms with van der Waals surface area (Å²) in [4.78, 5) is 13.1. The van der Waals surface area contributed by atoms with Gasteiger partial charge in [-0.3, -0.25) is 4.79 Å². The van der Waals surface area contributed by atoms with Crippen LogP contribution in [0.25, 0.3) is 10.8 Å². The zero-order valence-electron chi connectivity index (χ0n) is 21.4. The zero-order chi connectivity index (χ0) is 27.0. The van der Waals surface area contributed by atoms with Gasteiger partial charge in [0.1, 0.15) is 5.75 Å². The van der Waals surface area contributed by atoms with Gasteiger partial charge in [0.2, 0.25) is 15.9 Å². The van der Waals surface area contributed by atoms with Crippen LogP contribution in [0.1, 0.15) is 42.5 Å². The summed E-state index contributed by atoms with van der Waals surface area (Å²) in [5.41, 5.74) is 4.94. The largest absolute Gasteiger partial charge is 0.493 e. The van der Waals surface area contributed by atoms with E-state index in [0.29, 0.717) is 17.9 Å². The topological polar surface area (TPSA) is 96.9 Å². The average molecular weight is 530 g/mol. The fourth-order valence-electron chi connectivity index (χ4n) is 4.03. The molecule has 4 rings (SSSR count). The van der Waals surface area contributed by atoms with Crippen molar-refractivity contribution in [2.24, 2.45) is 5.10 Å². The van der Waals surface area contributed by atoms with Gasteiger partial charge in [-0.05, 0) is 47.9 Å². The minimum absolute atomic E-state index is 0.137. The number of benzene rings is 4. The van der Waals surface area contributed by atoms with E-state index in [0.717, 1.165) is 28.3 Å². The van der Waals surface area contributed by atoms with Crippen LogP contribution in [0.2, 0.25) is 0 Å². The third-order valence-corrected chi connectivity index (χ3v) is 7.48. The summed E-state index contributed by atoms with van der Waals surface area (Å²) in [6, 6.07) is 26.5. The zero-order valence-corrected chi connectivity index (χ0v) is 22.2. The number of hydrazone groups is 1. The monoisotopic (exact) mass is 529 g/mol. The van der Waals surface area contributed by atoms with Gasteiger partial charge < -0.3 is 4.74 Å². The lowest BCUT2D eigenvalue weighted by atomic mass is 10.0. The van der Waals surface area contributed by atoms with E-state index in [1.807, 2.05) is 56.3 Å². The molecule has 0 unspecified atom stereocenters. The number of carbonyl (C=O) groups is 1. The predicted molar refractivity (Wildman–Crippen MR) is 151 cm³/mol. The third-order valence-electron chi connectivity index (χ3n) is 6.00. The van der Waals surface area contributed by atoms with Gasteiger partial charge in [-0.15, -0.1) is 0 Å². The Morgan fingerprint density at radius 3 is 2.39 bits per heavy atom. The van der Waals surface area contributed by atoms with Crippen molar-refractivity contribution < 1.29 is 17.9 Å². The van der Waals surface area contributed by atoms with Gasteiger partial charge in [-0.25, -0.2) is 18.6 Å². The van der Waals surface area contributed by atoms with Crippen molar-refractivity contribution in [3.05, 3.63) is 108 Å². The molecule has 0 aliphatic heterocycles. The highest BCUT2D eigenvalue weighted by atomic mass is 32.2. The number of sulfonamides is 1. The van der Waals surface area contributed by atoms with Gasteiger partial charge in [0.25, 0.3) is 0 Å². The van der Waals surface area contributed by atoms with Crippen molar-refractivity contribution in [3.8, 4) is 5.75 Å². The summed E-state index contributed by atoms with van der Waals surface area (Å²) >= 11 is 0. The molecule has 0 spiro atoms. The Balaban J connectivity index is 1.53. The molecule has 0 fully saturated rings. The molecule has 0 saturated carbocycles. The van der Waals surface area contributed by atoms with Gasteiger partial charge in [0.05, 0.1) is 23.8 Å². The minimum atomic E-state index is -3.86. The molecular formula is C30H31N3O4S. The van der Waals surface area contributed by atoms with Gasteiger partial charge >= 0.3 is 0 Å². The van der Waals surface area contributed by atoms with Crippen LogP contribution in [0, 0.1) is 6.92 Å². The maximum Gasteiger partial charge on any atom is 0.242 e. The molecule has 1 amide bonds. The standard InChI is InChI=1S/C30H31N3O4S/c1-3-19-37-29-18-15-23-9-7-8-12-26(23)27(29)21-31-32-30(34)20-28(24-10-5-4-6-11-24)33-38(35,36)25-16-13-22(2)14-17-25/h4-18,21,28,33H,3,19-20H2,1-2H3,(H,32,34)/b31-21-/t28-/m0/s1. The van der Waals surface area contributed by atoms with Crippen molar-refractivity contribution in [1.82, 2.24) is 10.1 Å². The Kier molecular flexibility index (Phi) is 8.89. The van der Waals surface area contributed by atoms with Crippen molar-refractivity contribution in [2.45, 2.75) is 37.6 Å². The minimum Gasteiger partial charge on any atom is -0.493 e. The maximum atomic E-state index is 13.1. The Morgan fingerprint density at radius 1 is 0.947 bits per heavy atom. The SMILES string of the molecule is CCCOc1ccc2ccccc2c1/C=N\NC(=O)C[C@H](NS(=O)(=O)c1ccc(C)cc1)c1ccccc1. The highest BCUT2D eigenvalue weighted by Crippen LogP contribution is 2.27. The summed E-state index contributed by atoms with van der Waals surface area (Å²) in [6.07, 6.45) is 2.29. The number of aryl methyl sites for hydroxylation is 1. The first-order valence-electron chi connectivity index (χ1n) is 12.5. The third kappa shape index (κ3) is 6.85. The first kappa shape index (κ1) is 27.0. The molecule has 0 saturated heterocycles. The van der Waals surface area contributed by atoms with Crippen molar-refractivity contribution in [3.63, 3.8) is 0 Å². The summed E-state index contributed by atoms with van der Waals surface area (Å²) in [5, 5.41) is 6.17. The molecule has 8 heteroatoms. The fraction of sp³-hybridized carbons (Fsp3) is 0.200. The van der Waals surface area contributed by atoms with Crippen molar-refractivity contribution in [1.29, 1.82) is 0 Å². The average Bonchev–Trinajstić information content (AvgIpc) is 2.92. The van der Waals surface area contributed by atoms with E-state index in [2.05, 4.69) is 15.2 Å². The number of amides is 1. The van der Waals surface area contributed by atoms with Crippen LogP contribution < -0.4 is 14.9 Å². The number of rotatable bonds is 11. The van der Waals surface area contributed by atoms with Crippen molar-refractivity contribution in [2.75, 3.05) is 6.61 Å². The number of carbonyl (C=O) groups excluding carboxylic acids is 1. The maximum absolute atomic E-state index is 13.1. The van der Waals surface area contributed by atoms with Gasteiger partial charge in [-0.1, -0.05) is 85.3 Å². The number of nitrogens with one attached hydrogen (secondary N) is 2. The molecule has 4 aromatic carbocycles. The van der Waals surface area contributed by atoms with E-state index in [1.54, 1.807) is 54.7 Å². The molecule has 0 aliphatic rings. The van der Waals surface area contributed by atoms with Crippen molar-refractivity contribution >= 4 is 32.9 Å². The molecular weight excluding hydrogens is 498 g/mol. The Hall–Kier alpha value is -4.01. The summed E-state index contributed by atoms with van der Waals surface area (Å²) in [6.45, 7) is 4.48. The number of hydrogen-bond acceptors (Lipinski definition) is 5. The van der Waals surface area contributed by atoms with Crippen LogP contribution >= 0.6 is 0 Å². The molecule has 2 N–H and O–H groups in total. The van der Waals surface area contributed by atoms with E-state index < -0.39 is 22.0 Å². The summed E-state index contributed by atoms with van der Waals surface area (Å²) in [7, 11) is -3.86. The Labute approximate surface area is 223 Å². The molecule has 7 nitrogen and oxygen atoms in total. The summed E-state index contributed by atoms with van der Waals surface area (Å²) in [5.74, 6) is 0.245.